The summed E-state index contributed by atoms with van der Waals surface area (Å²) < 4.78 is 24.1. The smallest absolute Gasteiger partial charge is 0.219 e. The third-order valence-electron chi connectivity index (χ3n) is 7.68. The third kappa shape index (κ3) is 4.15. The molecule has 40 heavy (non-hydrogen) atoms. The predicted octanol–water partition coefficient (Wildman–Crippen LogP) is 9.03. The molecule has 0 spiro atoms. The number of nitriles is 1. The van der Waals surface area contributed by atoms with E-state index >= 15 is 4.39 Å². The maximum Gasteiger partial charge on any atom is 0.219 e. The van der Waals surface area contributed by atoms with E-state index in [1.165, 1.54) is 0 Å². The first-order valence-electron chi connectivity index (χ1n) is 13.4. The molecule has 0 atom stereocenters. The molecule has 0 saturated heterocycles. The zero-order chi connectivity index (χ0) is 28.2. The molecule has 6 aromatic rings. The number of rotatable bonds is 3. The minimum atomic E-state index is -0.322. The Morgan fingerprint density at radius 2 is 1.43 bits per heavy atom. The quantitative estimate of drug-likeness (QED) is 0.216. The van der Waals surface area contributed by atoms with Gasteiger partial charge in [0.2, 0.25) is 5.69 Å². The Balaban J connectivity index is 1.63. The summed E-state index contributed by atoms with van der Waals surface area (Å²) in [7, 11) is 1.94. The van der Waals surface area contributed by atoms with Gasteiger partial charge in [-0.15, -0.1) is 0 Å². The molecule has 0 bridgehead atoms. The summed E-state index contributed by atoms with van der Waals surface area (Å²) in [6.07, 6.45) is 1.87. The second kappa shape index (κ2) is 9.47. The Morgan fingerprint density at radius 1 is 0.775 bits per heavy atom. The van der Waals surface area contributed by atoms with Gasteiger partial charge in [0, 0.05) is 22.4 Å². The zero-order valence-electron chi connectivity index (χ0n) is 23.3. The van der Waals surface area contributed by atoms with Crippen molar-refractivity contribution in [1.29, 1.82) is 5.26 Å². The van der Waals surface area contributed by atoms with Gasteiger partial charge >= 0.3 is 0 Å². The molecule has 4 heteroatoms. The van der Waals surface area contributed by atoms with Crippen LogP contribution in [-0.2, 0) is 12.5 Å². The maximum atomic E-state index is 15.4. The lowest BCUT2D eigenvalue weighted by atomic mass is 9.87. The van der Waals surface area contributed by atoms with Crippen LogP contribution in [0, 0.1) is 24.1 Å². The number of halogens is 1. The fourth-order valence-electron chi connectivity index (χ4n) is 5.61. The van der Waals surface area contributed by atoms with Crippen molar-refractivity contribution in [2.24, 2.45) is 7.05 Å². The summed E-state index contributed by atoms with van der Waals surface area (Å²) in [6.45, 7) is 8.05. The van der Waals surface area contributed by atoms with Crippen LogP contribution in [0.3, 0.4) is 0 Å². The molecule has 196 valence electrons. The number of nitrogens with zero attached hydrogens (tertiary/aromatic N) is 2. The van der Waals surface area contributed by atoms with Gasteiger partial charge in [-0.2, -0.15) is 5.26 Å². The second-order valence-electron chi connectivity index (χ2n) is 11.4. The summed E-state index contributed by atoms with van der Waals surface area (Å²) in [4.78, 5) is 0. The van der Waals surface area contributed by atoms with Crippen molar-refractivity contribution in [3.8, 4) is 39.6 Å². The minimum absolute atomic E-state index is 0.238. The highest BCUT2D eigenvalue weighted by Crippen LogP contribution is 2.42. The van der Waals surface area contributed by atoms with Crippen molar-refractivity contribution >= 4 is 21.9 Å². The number of aromatic nitrogens is 1. The summed E-state index contributed by atoms with van der Waals surface area (Å²) in [6, 6.07) is 30.3. The van der Waals surface area contributed by atoms with Gasteiger partial charge in [-0.05, 0) is 52.8 Å². The number of furan rings is 1. The average molecular weight is 526 g/mol. The summed E-state index contributed by atoms with van der Waals surface area (Å²) in [5.41, 5.74) is 8.62. The molecular formula is C36H30FN2O+. The number of aryl methyl sites for hydroxylation is 2. The molecular weight excluding hydrogens is 495 g/mol. The number of hydrogen-bond donors (Lipinski definition) is 0. The molecule has 0 aliphatic carbocycles. The monoisotopic (exact) mass is 525 g/mol. The Bertz CT molecular complexity index is 1970. The lowest BCUT2D eigenvalue weighted by Crippen LogP contribution is -2.34. The van der Waals surface area contributed by atoms with Crippen molar-refractivity contribution < 1.29 is 13.4 Å². The van der Waals surface area contributed by atoms with Crippen LogP contribution < -0.4 is 4.57 Å². The van der Waals surface area contributed by atoms with Gasteiger partial charge in [-0.1, -0.05) is 81.4 Å². The third-order valence-corrected chi connectivity index (χ3v) is 7.68. The fourth-order valence-corrected chi connectivity index (χ4v) is 5.61. The average Bonchev–Trinajstić information content (AvgIpc) is 3.32. The number of benzene rings is 4. The zero-order valence-corrected chi connectivity index (χ0v) is 23.3. The van der Waals surface area contributed by atoms with Crippen molar-refractivity contribution in [2.75, 3.05) is 0 Å². The van der Waals surface area contributed by atoms with E-state index in [0.29, 0.717) is 22.3 Å². The SMILES string of the molecule is Cc1ccc2c(oc3c(-c4cccc(-c5ccccc5)c4)c(C#N)ccc32)c1-c1cc(F)c(C(C)(C)C)c[n+]1C. The molecule has 0 saturated carbocycles. The van der Waals surface area contributed by atoms with Crippen LogP contribution in [0.1, 0.15) is 37.5 Å². The van der Waals surface area contributed by atoms with Gasteiger partial charge in [-0.3, -0.25) is 0 Å². The van der Waals surface area contributed by atoms with Gasteiger partial charge < -0.3 is 4.42 Å². The van der Waals surface area contributed by atoms with E-state index in [1.54, 1.807) is 6.07 Å². The molecule has 2 aromatic heterocycles. The largest absolute Gasteiger partial charge is 0.454 e. The van der Waals surface area contributed by atoms with E-state index in [1.807, 2.05) is 88.0 Å². The molecule has 0 aliphatic rings. The molecule has 0 amide bonds. The first-order valence-corrected chi connectivity index (χ1v) is 13.4. The molecule has 6 rings (SSSR count). The fraction of sp³-hybridized carbons (Fsp3) is 0.167. The van der Waals surface area contributed by atoms with Crippen LogP contribution in [0.4, 0.5) is 4.39 Å². The molecule has 3 nitrogen and oxygen atoms in total. The van der Waals surface area contributed by atoms with Crippen LogP contribution in [0.15, 0.2) is 95.5 Å². The summed E-state index contributed by atoms with van der Waals surface area (Å²) in [5.74, 6) is -0.238. The Morgan fingerprint density at radius 3 is 2.12 bits per heavy atom. The molecule has 0 unspecified atom stereocenters. The molecule has 0 radical (unpaired) electrons. The van der Waals surface area contributed by atoms with Crippen molar-refractivity contribution in [1.82, 2.24) is 0 Å². The van der Waals surface area contributed by atoms with E-state index < -0.39 is 0 Å². The molecule has 0 fully saturated rings. The van der Waals surface area contributed by atoms with E-state index in [4.69, 9.17) is 4.42 Å². The Kier molecular flexibility index (Phi) is 6.04. The molecule has 0 aliphatic heterocycles. The second-order valence-corrected chi connectivity index (χ2v) is 11.4. The number of hydrogen-bond acceptors (Lipinski definition) is 2. The van der Waals surface area contributed by atoms with Crippen LogP contribution in [0.2, 0.25) is 0 Å². The number of fused-ring (bicyclic) bond motifs is 3. The highest BCUT2D eigenvalue weighted by molar-refractivity contribution is 6.14. The van der Waals surface area contributed by atoms with Crippen LogP contribution in [-0.4, -0.2) is 0 Å². The summed E-state index contributed by atoms with van der Waals surface area (Å²) >= 11 is 0. The van der Waals surface area contributed by atoms with E-state index in [9.17, 15) is 5.26 Å². The Labute approximate surface area is 233 Å². The molecule has 0 N–H and O–H groups in total. The Hall–Kier alpha value is -4.75. The van der Waals surface area contributed by atoms with Gasteiger partial charge in [0.25, 0.3) is 0 Å². The normalized spacial score (nSPS) is 11.7. The van der Waals surface area contributed by atoms with E-state index in [0.717, 1.165) is 49.8 Å². The molecule has 4 aromatic carbocycles. The van der Waals surface area contributed by atoms with E-state index in [2.05, 4.69) is 42.5 Å². The van der Waals surface area contributed by atoms with Crippen LogP contribution in [0.25, 0.3) is 55.4 Å². The lowest BCUT2D eigenvalue weighted by molar-refractivity contribution is -0.661. The molecule has 2 heterocycles. The van der Waals surface area contributed by atoms with Gasteiger partial charge in [0.15, 0.2) is 6.20 Å². The first-order chi connectivity index (χ1) is 19.2. The van der Waals surface area contributed by atoms with Crippen LogP contribution >= 0.6 is 0 Å². The van der Waals surface area contributed by atoms with E-state index in [-0.39, 0.29) is 11.2 Å². The highest BCUT2D eigenvalue weighted by atomic mass is 19.1. The van der Waals surface area contributed by atoms with Gasteiger partial charge in [0.1, 0.15) is 24.0 Å². The topological polar surface area (TPSA) is 40.8 Å². The minimum Gasteiger partial charge on any atom is -0.454 e. The van der Waals surface area contributed by atoms with Crippen LogP contribution in [0.5, 0.6) is 0 Å². The van der Waals surface area contributed by atoms with Gasteiger partial charge in [0.05, 0.1) is 22.8 Å². The lowest BCUT2D eigenvalue weighted by Gasteiger charge is -2.18. The standard InChI is InChI=1S/C36H30FN2O/c1-22-14-16-27-28-17-15-26(20-38)33(25-13-9-12-24(18-25)23-10-7-6-8-11-23)35(28)40-34(27)32(22)31-19-30(37)29(21-39(31)5)36(2,3)4/h6-19,21H,1-5H3/q+1. The van der Waals surface area contributed by atoms with Crippen molar-refractivity contribution in [3.05, 3.63) is 114 Å². The van der Waals surface area contributed by atoms with Gasteiger partial charge in [-0.25, -0.2) is 8.96 Å². The van der Waals surface area contributed by atoms with Crippen molar-refractivity contribution in [3.63, 3.8) is 0 Å². The maximum absolute atomic E-state index is 15.4. The van der Waals surface area contributed by atoms with Crippen molar-refractivity contribution in [2.45, 2.75) is 33.1 Å². The predicted molar refractivity (Wildman–Crippen MR) is 159 cm³/mol. The number of pyridine rings is 1. The first kappa shape index (κ1) is 25.5. The summed E-state index contributed by atoms with van der Waals surface area (Å²) in [5, 5.41) is 12.0. The highest BCUT2D eigenvalue weighted by Gasteiger charge is 2.28.